The Balaban J connectivity index is 2.04. The zero-order valence-corrected chi connectivity index (χ0v) is 14.9. The molecule has 2 aromatic carbocycles. The van der Waals surface area contributed by atoms with E-state index >= 15 is 0 Å². The van der Waals surface area contributed by atoms with E-state index in [2.05, 4.69) is 0 Å². The van der Waals surface area contributed by atoms with Gasteiger partial charge in [-0.15, -0.1) is 0 Å². The maximum atomic E-state index is 12.9. The molecule has 138 valence electrons. The van der Waals surface area contributed by atoms with Crippen LogP contribution in [0.2, 0.25) is 0 Å². The van der Waals surface area contributed by atoms with E-state index in [-0.39, 0.29) is 46.4 Å². The summed E-state index contributed by atoms with van der Waals surface area (Å²) >= 11 is 0. The van der Waals surface area contributed by atoms with Crippen molar-refractivity contribution in [3.63, 3.8) is 0 Å². The maximum absolute atomic E-state index is 12.9. The summed E-state index contributed by atoms with van der Waals surface area (Å²) in [6.45, 7) is 2.96. The van der Waals surface area contributed by atoms with Gasteiger partial charge in [-0.1, -0.05) is 31.2 Å². The van der Waals surface area contributed by atoms with E-state index in [4.69, 9.17) is 0 Å². The number of phenolic OH excluding ortho intramolecular Hbond substituents is 2. The van der Waals surface area contributed by atoms with Gasteiger partial charge < -0.3 is 15.3 Å². The third-order valence-electron chi connectivity index (χ3n) is 5.72. The summed E-state index contributed by atoms with van der Waals surface area (Å²) in [6.07, 6.45) is -0.169. The number of hydrogen-bond acceptors (Lipinski definition) is 6. The number of Topliss-reactive ketones (excluding diaryl/α,β-unsaturated/α-hetero) is 1. The number of carbonyl (C=O) groups is 3. The molecule has 0 aliphatic heterocycles. The average Bonchev–Trinajstić information content (AvgIpc) is 2.62. The molecule has 4 rings (SSSR count). The van der Waals surface area contributed by atoms with Crippen molar-refractivity contribution in [3.05, 3.63) is 57.6 Å². The third kappa shape index (κ3) is 2.20. The predicted molar refractivity (Wildman–Crippen MR) is 95.4 cm³/mol. The van der Waals surface area contributed by atoms with Gasteiger partial charge in [-0.2, -0.15) is 0 Å². The zero-order chi connectivity index (χ0) is 19.7. The van der Waals surface area contributed by atoms with Crippen molar-refractivity contribution in [2.75, 3.05) is 0 Å². The number of ketones is 3. The Morgan fingerprint density at radius 2 is 1.56 bits per heavy atom. The molecule has 0 fully saturated rings. The van der Waals surface area contributed by atoms with E-state index in [9.17, 15) is 29.7 Å². The highest BCUT2D eigenvalue weighted by Gasteiger charge is 2.46. The molecule has 6 nitrogen and oxygen atoms in total. The summed E-state index contributed by atoms with van der Waals surface area (Å²) in [5, 5.41) is 32.4. The highest BCUT2D eigenvalue weighted by Crippen LogP contribution is 2.50. The molecule has 0 bridgehead atoms. The lowest BCUT2D eigenvalue weighted by atomic mass is 9.69. The lowest BCUT2D eigenvalue weighted by Crippen LogP contribution is -2.43. The van der Waals surface area contributed by atoms with Crippen LogP contribution in [0, 0.1) is 0 Å². The molecule has 0 radical (unpaired) electrons. The molecule has 0 saturated heterocycles. The smallest absolute Gasteiger partial charge is 0.198 e. The third-order valence-corrected chi connectivity index (χ3v) is 5.72. The van der Waals surface area contributed by atoms with Crippen molar-refractivity contribution in [2.24, 2.45) is 0 Å². The van der Waals surface area contributed by atoms with Gasteiger partial charge in [-0.05, 0) is 19.3 Å². The molecular formula is C21H18O6. The van der Waals surface area contributed by atoms with Crippen LogP contribution in [0.25, 0.3) is 0 Å². The minimum absolute atomic E-state index is 0.0554. The number of rotatable bonds is 1. The van der Waals surface area contributed by atoms with Gasteiger partial charge in [0.15, 0.2) is 17.3 Å². The van der Waals surface area contributed by atoms with Crippen LogP contribution in [0.3, 0.4) is 0 Å². The van der Waals surface area contributed by atoms with Crippen LogP contribution in [-0.4, -0.2) is 38.3 Å². The molecule has 27 heavy (non-hydrogen) atoms. The van der Waals surface area contributed by atoms with Crippen molar-refractivity contribution in [1.29, 1.82) is 0 Å². The summed E-state index contributed by atoms with van der Waals surface area (Å²) in [5.74, 6) is -2.85. The van der Waals surface area contributed by atoms with Gasteiger partial charge in [0.25, 0.3) is 0 Å². The van der Waals surface area contributed by atoms with E-state index in [0.717, 1.165) is 0 Å². The van der Waals surface area contributed by atoms with Crippen LogP contribution in [0.4, 0.5) is 0 Å². The van der Waals surface area contributed by atoms with E-state index in [1.54, 1.807) is 19.1 Å². The molecule has 2 aliphatic carbocycles. The Hall–Kier alpha value is -2.99. The van der Waals surface area contributed by atoms with E-state index in [1.807, 2.05) is 0 Å². The number of aromatic hydroxyl groups is 2. The number of aliphatic hydroxyl groups is 1. The van der Waals surface area contributed by atoms with Crippen molar-refractivity contribution >= 4 is 17.3 Å². The Kier molecular flexibility index (Phi) is 3.55. The molecule has 0 aromatic heterocycles. The second-order valence-corrected chi connectivity index (χ2v) is 7.41. The first-order chi connectivity index (χ1) is 12.7. The van der Waals surface area contributed by atoms with Gasteiger partial charge in [0.2, 0.25) is 0 Å². The first-order valence-corrected chi connectivity index (χ1v) is 8.70. The molecule has 2 atom stereocenters. The molecule has 0 heterocycles. The highest BCUT2D eigenvalue weighted by molar-refractivity contribution is 6.30. The lowest BCUT2D eigenvalue weighted by molar-refractivity contribution is -0.136. The van der Waals surface area contributed by atoms with Crippen LogP contribution in [0.5, 0.6) is 11.5 Å². The molecule has 2 aromatic rings. The topological polar surface area (TPSA) is 112 Å². The summed E-state index contributed by atoms with van der Waals surface area (Å²) in [6, 6.07) is 6.23. The largest absolute Gasteiger partial charge is 0.507 e. The van der Waals surface area contributed by atoms with Gasteiger partial charge in [0.1, 0.15) is 17.1 Å². The predicted octanol–water partition coefficient (Wildman–Crippen LogP) is 2.24. The van der Waals surface area contributed by atoms with Crippen molar-refractivity contribution in [3.8, 4) is 11.5 Å². The van der Waals surface area contributed by atoms with Gasteiger partial charge in [-0.25, -0.2) is 0 Å². The minimum Gasteiger partial charge on any atom is -0.507 e. The van der Waals surface area contributed by atoms with Crippen LogP contribution in [0.15, 0.2) is 24.3 Å². The summed E-state index contributed by atoms with van der Waals surface area (Å²) < 4.78 is 0. The van der Waals surface area contributed by atoms with Gasteiger partial charge >= 0.3 is 0 Å². The van der Waals surface area contributed by atoms with Crippen LogP contribution < -0.4 is 0 Å². The molecule has 0 amide bonds. The van der Waals surface area contributed by atoms with Crippen molar-refractivity contribution in [1.82, 2.24) is 0 Å². The second kappa shape index (κ2) is 5.50. The van der Waals surface area contributed by atoms with E-state index in [1.165, 1.54) is 19.1 Å². The minimum atomic E-state index is -1.69. The molecule has 0 spiro atoms. The monoisotopic (exact) mass is 366 g/mol. The fourth-order valence-electron chi connectivity index (χ4n) is 4.33. The quantitative estimate of drug-likeness (QED) is 0.570. The maximum Gasteiger partial charge on any atom is 0.198 e. The summed E-state index contributed by atoms with van der Waals surface area (Å²) in [5.41, 5.74) is -1.40. The van der Waals surface area contributed by atoms with Crippen molar-refractivity contribution in [2.45, 2.75) is 38.2 Å². The van der Waals surface area contributed by atoms with Crippen LogP contribution >= 0.6 is 0 Å². The number of benzene rings is 2. The Morgan fingerprint density at radius 3 is 2.07 bits per heavy atom. The second-order valence-electron chi connectivity index (χ2n) is 7.41. The van der Waals surface area contributed by atoms with Gasteiger partial charge in [0, 0.05) is 28.7 Å². The molecule has 0 saturated carbocycles. The zero-order valence-electron chi connectivity index (χ0n) is 14.9. The van der Waals surface area contributed by atoms with E-state index < -0.39 is 34.6 Å². The Labute approximate surface area is 155 Å². The van der Waals surface area contributed by atoms with Crippen molar-refractivity contribution < 1.29 is 29.7 Å². The van der Waals surface area contributed by atoms with Gasteiger partial charge in [0.05, 0.1) is 11.1 Å². The fraction of sp³-hybridized carbons (Fsp3) is 0.286. The molecule has 3 N–H and O–H groups in total. The fourth-order valence-corrected chi connectivity index (χ4v) is 4.33. The SMILES string of the molecule is CC(=O)[C@]1(O)Cc2c(O)c3c(c(O)c2[C@@H](C)C1)C(=O)c1ccccc1C3=O. The molecule has 6 heteroatoms. The Bertz CT molecular complexity index is 1050. The molecular weight excluding hydrogens is 348 g/mol. The van der Waals surface area contributed by atoms with Crippen LogP contribution in [0.1, 0.15) is 69.2 Å². The van der Waals surface area contributed by atoms with E-state index in [0.29, 0.717) is 5.56 Å². The first kappa shape index (κ1) is 17.4. The standard InChI is InChI=1S/C21H18O6/c1-9-7-21(27,10(2)22)8-13-14(9)20(26)16-15(19(13)25)17(23)11-5-3-4-6-12(11)18(16)24/h3-6,9,25-27H,7-8H2,1-2H3/t9-,21+/m0/s1. The van der Waals surface area contributed by atoms with Gasteiger partial charge in [-0.3, -0.25) is 14.4 Å². The van der Waals surface area contributed by atoms with Crippen LogP contribution in [-0.2, 0) is 11.2 Å². The number of carbonyl (C=O) groups excluding carboxylic acids is 3. The molecule has 2 aliphatic rings. The lowest BCUT2D eigenvalue weighted by Gasteiger charge is -2.37. The molecule has 0 unspecified atom stereocenters. The summed E-state index contributed by atoms with van der Waals surface area (Å²) in [4.78, 5) is 37.8. The normalized spacial score (nSPS) is 23.4. The highest BCUT2D eigenvalue weighted by atomic mass is 16.3. The number of phenols is 2. The average molecular weight is 366 g/mol. The summed E-state index contributed by atoms with van der Waals surface area (Å²) in [7, 11) is 0. The first-order valence-electron chi connectivity index (χ1n) is 8.70. The Morgan fingerprint density at radius 1 is 1.04 bits per heavy atom. The number of hydrogen-bond donors (Lipinski definition) is 3. The number of fused-ring (bicyclic) bond motifs is 3.